The number of likely N-dealkylation sites (tertiary alicyclic amines) is 2. The molecular weight excluding hydrogens is 360 g/mol. The summed E-state index contributed by atoms with van der Waals surface area (Å²) in [5.41, 5.74) is 2.61. The van der Waals surface area contributed by atoms with Gasteiger partial charge in [0.05, 0.1) is 11.1 Å². The molecule has 4 rings (SSSR count). The van der Waals surface area contributed by atoms with Crippen molar-refractivity contribution in [3.63, 3.8) is 0 Å². The number of hydrogen-bond acceptors (Lipinski definition) is 4. The van der Waals surface area contributed by atoms with Crippen molar-refractivity contribution >= 4 is 16.8 Å². The first-order valence-electron chi connectivity index (χ1n) is 10.8. The average Bonchev–Trinajstić information content (AvgIpc) is 2.74. The SMILES string of the molecule is CC1C[C@@H](c2ccc(C#N)c3ncccc23)CN(C(=O)CC2CCN(C)CC2)C1. The number of piperidine rings is 2. The minimum atomic E-state index is 0.291. The number of carbonyl (C=O) groups is 1. The minimum Gasteiger partial charge on any atom is -0.342 e. The third-order valence-corrected chi connectivity index (χ3v) is 6.68. The van der Waals surface area contributed by atoms with Crippen LogP contribution < -0.4 is 0 Å². The highest BCUT2D eigenvalue weighted by atomic mass is 16.2. The summed E-state index contributed by atoms with van der Waals surface area (Å²) in [6.45, 7) is 6.06. The number of pyridine rings is 1. The molecule has 2 fully saturated rings. The van der Waals surface area contributed by atoms with Crippen LogP contribution in [0.5, 0.6) is 0 Å². The predicted octanol–water partition coefficient (Wildman–Crippen LogP) is 3.79. The molecule has 5 nitrogen and oxygen atoms in total. The third kappa shape index (κ3) is 4.28. The zero-order valence-corrected chi connectivity index (χ0v) is 17.5. The highest BCUT2D eigenvalue weighted by Gasteiger charge is 2.31. The van der Waals surface area contributed by atoms with Crippen LogP contribution in [0.15, 0.2) is 30.5 Å². The fraction of sp³-hybridized carbons (Fsp3) is 0.542. The summed E-state index contributed by atoms with van der Waals surface area (Å²) in [5.74, 6) is 1.60. The molecule has 0 N–H and O–H groups in total. The second-order valence-corrected chi connectivity index (χ2v) is 9.00. The fourth-order valence-corrected chi connectivity index (χ4v) is 5.06. The molecule has 1 aromatic carbocycles. The smallest absolute Gasteiger partial charge is 0.222 e. The van der Waals surface area contributed by atoms with Crippen molar-refractivity contribution in [1.29, 1.82) is 5.26 Å². The van der Waals surface area contributed by atoms with Gasteiger partial charge in [0.1, 0.15) is 6.07 Å². The van der Waals surface area contributed by atoms with E-state index in [2.05, 4.69) is 47.0 Å². The number of hydrogen-bond donors (Lipinski definition) is 0. The number of aromatic nitrogens is 1. The molecule has 0 bridgehead atoms. The van der Waals surface area contributed by atoms with E-state index in [-0.39, 0.29) is 0 Å². The third-order valence-electron chi connectivity index (χ3n) is 6.68. The maximum atomic E-state index is 13.1. The second kappa shape index (κ2) is 8.51. The molecule has 0 saturated carbocycles. The van der Waals surface area contributed by atoms with Crippen LogP contribution in [0.1, 0.15) is 49.7 Å². The van der Waals surface area contributed by atoms with Crippen molar-refractivity contribution in [2.45, 2.75) is 38.5 Å². The van der Waals surface area contributed by atoms with E-state index in [1.807, 2.05) is 12.1 Å². The van der Waals surface area contributed by atoms with E-state index < -0.39 is 0 Å². The van der Waals surface area contributed by atoms with Crippen molar-refractivity contribution in [1.82, 2.24) is 14.8 Å². The number of amides is 1. The molecule has 1 amide bonds. The Bertz CT molecular complexity index is 926. The van der Waals surface area contributed by atoms with E-state index in [9.17, 15) is 10.1 Å². The molecule has 2 atom stereocenters. The summed E-state index contributed by atoms with van der Waals surface area (Å²) in [6, 6.07) is 10.2. The Morgan fingerprint density at radius 3 is 2.79 bits per heavy atom. The van der Waals surface area contributed by atoms with Gasteiger partial charge in [0.25, 0.3) is 0 Å². The molecule has 3 heterocycles. The van der Waals surface area contributed by atoms with Crippen LogP contribution in [-0.4, -0.2) is 53.9 Å². The fourth-order valence-electron chi connectivity index (χ4n) is 5.06. The molecule has 5 heteroatoms. The van der Waals surface area contributed by atoms with Crippen LogP contribution in [-0.2, 0) is 4.79 Å². The summed E-state index contributed by atoms with van der Waals surface area (Å²) in [6.07, 6.45) is 5.74. The first-order chi connectivity index (χ1) is 14.0. The molecule has 0 spiro atoms. The van der Waals surface area contributed by atoms with Gasteiger partial charge in [0, 0.05) is 37.0 Å². The normalized spacial score (nSPS) is 23.8. The van der Waals surface area contributed by atoms with Gasteiger partial charge in [-0.15, -0.1) is 0 Å². The lowest BCUT2D eigenvalue weighted by molar-refractivity contribution is -0.134. The number of nitrogens with zero attached hydrogens (tertiary/aromatic N) is 4. The van der Waals surface area contributed by atoms with Crippen molar-refractivity contribution in [3.8, 4) is 6.07 Å². The van der Waals surface area contributed by atoms with Crippen molar-refractivity contribution < 1.29 is 4.79 Å². The number of rotatable bonds is 3. The number of nitriles is 1. The quantitative estimate of drug-likeness (QED) is 0.800. The summed E-state index contributed by atoms with van der Waals surface area (Å²) in [4.78, 5) is 22.0. The van der Waals surface area contributed by atoms with E-state index in [0.29, 0.717) is 35.6 Å². The summed E-state index contributed by atoms with van der Waals surface area (Å²) < 4.78 is 0. The van der Waals surface area contributed by atoms with E-state index in [1.165, 1.54) is 5.56 Å². The van der Waals surface area contributed by atoms with Gasteiger partial charge in [-0.1, -0.05) is 19.1 Å². The largest absolute Gasteiger partial charge is 0.342 e. The van der Waals surface area contributed by atoms with Gasteiger partial charge >= 0.3 is 0 Å². The Morgan fingerprint density at radius 2 is 2.03 bits per heavy atom. The molecule has 0 radical (unpaired) electrons. The molecule has 29 heavy (non-hydrogen) atoms. The highest BCUT2D eigenvalue weighted by molar-refractivity contribution is 5.87. The van der Waals surface area contributed by atoms with Crippen molar-refractivity contribution in [2.75, 3.05) is 33.2 Å². The standard InChI is InChI=1S/C24H30N4O/c1-17-12-20(21-6-5-19(14-25)24-22(21)4-3-9-26-24)16-28(15-17)23(29)13-18-7-10-27(2)11-8-18/h3-6,9,17-18,20H,7-8,10-13,15-16H2,1-2H3/t17?,20-/m1/s1. The zero-order chi connectivity index (χ0) is 20.4. The molecule has 1 unspecified atom stereocenters. The number of fused-ring (bicyclic) bond motifs is 1. The highest BCUT2D eigenvalue weighted by Crippen LogP contribution is 2.35. The lowest BCUT2D eigenvalue weighted by atomic mass is 9.83. The minimum absolute atomic E-state index is 0.291. The summed E-state index contributed by atoms with van der Waals surface area (Å²) in [5, 5.41) is 10.5. The molecule has 0 aliphatic carbocycles. The number of benzene rings is 1. The Morgan fingerprint density at radius 1 is 1.24 bits per heavy atom. The van der Waals surface area contributed by atoms with E-state index in [4.69, 9.17) is 0 Å². The average molecular weight is 391 g/mol. The topological polar surface area (TPSA) is 60.2 Å². The van der Waals surface area contributed by atoms with Crippen LogP contribution >= 0.6 is 0 Å². The molecule has 1 aromatic heterocycles. The summed E-state index contributed by atoms with van der Waals surface area (Å²) >= 11 is 0. The van der Waals surface area contributed by atoms with Crippen LogP contribution in [0.2, 0.25) is 0 Å². The Balaban J connectivity index is 1.53. The van der Waals surface area contributed by atoms with Crippen LogP contribution in [0.4, 0.5) is 0 Å². The second-order valence-electron chi connectivity index (χ2n) is 9.00. The predicted molar refractivity (Wildman–Crippen MR) is 114 cm³/mol. The Labute approximate surface area is 173 Å². The van der Waals surface area contributed by atoms with Gasteiger partial charge in [0.15, 0.2) is 0 Å². The molecule has 2 saturated heterocycles. The monoisotopic (exact) mass is 390 g/mol. The Kier molecular flexibility index (Phi) is 5.82. The Hall–Kier alpha value is -2.45. The van der Waals surface area contributed by atoms with E-state index in [0.717, 1.165) is 56.3 Å². The molecular formula is C24H30N4O. The van der Waals surface area contributed by atoms with Crippen LogP contribution in [0.3, 0.4) is 0 Å². The molecule has 2 aromatic rings. The lowest BCUT2D eigenvalue weighted by Gasteiger charge is -2.38. The van der Waals surface area contributed by atoms with Gasteiger partial charge in [-0.05, 0) is 68.9 Å². The first kappa shape index (κ1) is 19.8. The molecule has 2 aliphatic heterocycles. The van der Waals surface area contributed by atoms with E-state index >= 15 is 0 Å². The number of carbonyl (C=O) groups excluding carboxylic acids is 1. The first-order valence-corrected chi connectivity index (χ1v) is 10.8. The maximum absolute atomic E-state index is 13.1. The molecule has 2 aliphatic rings. The lowest BCUT2D eigenvalue weighted by Crippen LogP contribution is -2.43. The van der Waals surface area contributed by atoms with Gasteiger partial charge in [-0.3, -0.25) is 9.78 Å². The van der Waals surface area contributed by atoms with Gasteiger partial charge in [0.2, 0.25) is 5.91 Å². The van der Waals surface area contributed by atoms with Crippen molar-refractivity contribution in [3.05, 3.63) is 41.6 Å². The summed E-state index contributed by atoms with van der Waals surface area (Å²) in [7, 11) is 2.16. The van der Waals surface area contributed by atoms with Crippen molar-refractivity contribution in [2.24, 2.45) is 11.8 Å². The van der Waals surface area contributed by atoms with Gasteiger partial charge in [-0.25, -0.2) is 0 Å². The molecule has 152 valence electrons. The van der Waals surface area contributed by atoms with Crippen LogP contribution in [0, 0.1) is 23.2 Å². The van der Waals surface area contributed by atoms with Gasteiger partial charge < -0.3 is 9.80 Å². The maximum Gasteiger partial charge on any atom is 0.222 e. The van der Waals surface area contributed by atoms with Gasteiger partial charge in [-0.2, -0.15) is 5.26 Å². The van der Waals surface area contributed by atoms with Crippen LogP contribution in [0.25, 0.3) is 10.9 Å². The van der Waals surface area contributed by atoms with E-state index in [1.54, 1.807) is 6.20 Å². The zero-order valence-electron chi connectivity index (χ0n) is 17.5.